The van der Waals surface area contributed by atoms with Crippen molar-refractivity contribution in [3.8, 4) is 0 Å². The zero-order chi connectivity index (χ0) is 15.6. The summed E-state index contributed by atoms with van der Waals surface area (Å²) < 4.78 is 13.2. The van der Waals surface area contributed by atoms with E-state index in [1.165, 1.54) is 29.2 Å². The van der Waals surface area contributed by atoms with Gasteiger partial charge in [0, 0.05) is 19.3 Å². The summed E-state index contributed by atoms with van der Waals surface area (Å²) in [6, 6.07) is 9.00. The lowest BCUT2D eigenvalue weighted by Crippen LogP contribution is -2.26. The Balaban J connectivity index is 2.24. The van der Waals surface area contributed by atoms with E-state index >= 15 is 0 Å². The highest BCUT2D eigenvalue weighted by molar-refractivity contribution is 6.44. The van der Waals surface area contributed by atoms with Crippen molar-refractivity contribution in [3.63, 3.8) is 0 Å². The number of anilines is 1. The fourth-order valence-corrected chi connectivity index (χ4v) is 2.37. The Hall–Kier alpha value is -1.78. The molecule has 0 unspecified atom stereocenters. The molecule has 0 bridgehead atoms. The van der Waals surface area contributed by atoms with Crippen molar-refractivity contribution >= 4 is 34.8 Å². The van der Waals surface area contributed by atoms with Gasteiger partial charge in [-0.25, -0.2) is 4.39 Å². The van der Waals surface area contributed by atoms with Crippen LogP contribution in [0.2, 0.25) is 10.0 Å². The van der Waals surface area contributed by atoms with E-state index in [-0.39, 0.29) is 33.9 Å². The molecule has 0 aliphatic heterocycles. The molecule has 2 rings (SSSR count). The van der Waals surface area contributed by atoms with Crippen LogP contribution in [0.5, 0.6) is 0 Å². The average molecular weight is 327 g/mol. The van der Waals surface area contributed by atoms with E-state index in [9.17, 15) is 9.18 Å². The molecule has 2 aromatic carbocycles. The second-order valence-electron chi connectivity index (χ2n) is 4.66. The molecule has 0 radical (unpaired) electrons. The lowest BCUT2D eigenvalue weighted by Gasteiger charge is -2.18. The summed E-state index contributed by atoms with van der Waals surface area (Å²) in [5.74, 6) is -0.683. The Labute approximate surface area is 132 Å². The minimum Gasteiger partial charge on any atom is -0.399 e. The highest BCUT2D eigenvalue weighted by Crippen LogP contribution is 2.29. The predicted molar refractivity (Wildman–Crippen MR) is 83.1 cm³/mol. The van der Waals surface area contributed by atoms with Gasteiger partial charge in [-0.05, 0) is 29.8 Å². The minimum atomic E-state index is -0.349. The van der Waals surface area contributed by atoms with Gasteiger partial charge in [-0.1, -0.05) is 35.3 Å². The van der Waals surface area contributed by atoms with E-state index in [2.05, 4.69) is 0 Å². The molecule has 0 aliphatic carbocycles. The summed E-state index contributed by atoms with van der Waals surface area (Å²) >= 11 is 12.0. The highest BCUT2D eigenvalue weighted by Gasteiger charge is 2.18. The molecular weight excluding hydrogens is 314 g/mol. The summed E-state index contributed by atoms with van der Waals surface area (Å²) in [7, 11) is 1.60. The molecule has 1 amide bonds. The first-order valence-electron chi connectivity index (χ1n) is 6.13. The molecule has 110 valence electrons. The number of halogens is 3. The van der Waals surface area contributed by atoms with Crippen molar-refractivity contribution in [1.29, 1.82) is 0 Å². The molecule has 0 aromatic heterocycles. The minimum absolute atomic E-state index is 0.155. The number of hydrogen-bond acceptors (Lipinski definition) is 2. The maximum atomic E-state index is 13.2. The molecule has 0 aliphatic rings. The monoisotopic (exact) mass is 326 g/mol. The molecule has 0 fully saturated rings. The van der Waals surface area contributed by atoms with Crippen molar-refractivity contribution in [2.45, 2.75) is 6.54 Å². The Morgan fingerprint density at radius 1 is 1.29 bits per heavy atom. The number of amides is 1. The second kappa shape index (κ2) is 6.33. The summed E-state index contributed by atoms with van der Waals surface area (Å²) in [6.07, 6.45) is 0. The Morgan fingerprint density at radius 3 is 2.67 bits per heavy atom. The van der Waals surface area contributed by atoms with Crippen LogP contribution in [0.1, 0.15) is 15.9 Å². The zero-order valence-electron chi connectivity index (χ0n) is 11.2. The normalized spacial score (nSPS) is 10.5. The van der Waals surface area contributed by atoms with E-state index in [1.54, 1.807) is 19.2 Å². The molecule has 0 spiro atoms. The predicted octanol–water partition coefficient (Wildman–Crippen LogP) is 3.99. The molecule has 0 saturated heterocycles. The van der Waals surface area contributed by atoms with Crippen LogP contribution in [-0.4, -0.2) is 17.9 Å². The van der Waals surface area contributed by atoms with Gasteiger partial charge in [0.15, 0.2) is 0 Å². The van der Waals surface area contributed by atoms with Crippen LogP contribution >= 0.6 is 23.2 Å². The van der Waals surface area contributed by atoms with Crippen molar-refractivity contribution in [2.75, 3.05) is 12.8 Å². The second-order valence-corrected chi connectivity index (χ2v) is 5.44. The van der Waals surface area contributed by atoms with Gasteiger partial charge in [0.05, 0.1) is 15.6 Å². The lowest BCUT2D eigenvalue weighted by atomic mass is 10.1. The fraction of sp³-hybridized carbons (Fsp3) is 0.133. The third kappa shape index (κ3) is 3.65. The smallest absolute Gasteiger partial charge is 0.255 e. The number of carbonyl (C=O) groups excluding carboxylic acids is 1. The van der Waals surface area contributed by atoms with Crippen LogP contribution in [0.25, 0.3) is 0 Å². The maximum Gasteiger partial charge on any atom is 0.255 e. The van der Waals surface area contributed by atoms with E-state index in [0.717, 1.165) is 0 Å². The van der Waals surface area contributed by atoms with Crippen molar-refractivity contribution in [3.05, 3.63) is 63.4 Å². The van der Waals surface area contributed by atoms with E-state index < -0.39 is 0 Å². The number of hydrogen-bond donors (Lipinski definition) is 1. The molecule has 2 aromatic rings. The Bertz CT molecular complexity index is 691. The van der Waals surface area contributed by atoms with Crippen LogP contribution in [0.3, 0.4) is 0 Å². The number of carbonyl (C=O) groups is 1. The maximum absolute atomic E-state index is 13.2. The van der Waals surface area contributed by atoms with Gasteiger partial charge < -0.3 is 10.6 Å². The van der Waals surface area contributed by atoms with Gasteiger partial charge in [-0.15, -0.1) is 0 Å². The van der Waals surface area contributed by atoms with Crippen molar-refractivity contribution in [2.24, 2.45) is 0 Å². The average Bonchev–Trinajstić information content (AvgIpc) is 2.42. The summed E-state index contributed by atoms with van der Waals surface area (Å²) in [5.41, 5.74) is 6.93. The number of benzene rings is 2. The molecule has 21 heavy (non-hydrogen) atoms. The van der Waals surface area contributed by atoms with Crippen LogP contribution < -0.4 is 5.73 Å². The van der Waals surface area contributed by atoms with Gasteiger partial charge in [-0.3, -0.25) is 4.79 Å². The van der Waals surface area contributed by atoms with Crippen LogP contribution in [-0.2, 0) is 6.54 Å². The topological polar surface area (TPSA) is 46.3 Å². The summed E-state index contributed by atoms with van der Waals surface area (Å²) in [4.78, 5) is 13.8. The Morgan fingerprint density at radius 2 is 2.00 bits per heavy atom. The first-order valence-corrected chi connectivity index (χ1v) is 6.88. The molecular formula is C15H13Cl2FN2O. The van der Waals surface area contributed by atoms with E-state index in [1.807, 2.05) is 0 Å². The largest absolute Gasteiger partial charge is 0.399 e. The number of nitrogens with zero attached hydrogens (tertiary/aromatic N) is 1. The molecule has 3 nitrogen and oxygen atoms in total. The summed E-state index contributed by atoms with van der Waals surface area (Å²) in [6.45, 7) is 0.249. The standard InChI is InChI=1S/C15H13Cl2FN2O/c1-20(8-9-3-2-4-10(18)5-9)15(21)12-6-11(19)7-13(16)14(12)17/h2-7H,8,19H2,1H3. The SMILES string of the molecule is CN(Cc1cccc(F)c1)C(=O)c1cc(N)cc(Cl)c1Cl. The highest BCUT2D eigenvalue weighted by atomic mass is 35.5. The quantitative estimate of drug-likeness (QED) is 0.867. The van der Waals surface area contributed by atoms with Gasteiger partial charge in [-0.2, -0.15) is 0 Å². The van der Waals surface area contributed by atoms with E-state index in [4.69, 9.17) is 28.9 Å². The molecule has 0 atom stereocenters. The molecule has 2 N–H and O–H groups in total. The van der Waals surface area contributed by atoms with Gasteiger partial charge >= 0.3 is 0 Å². The number of nitrogens with two attached hydrogens (primary N) is 1. The molecule has 0 heterocycles. The first-order chi connectivity index (χ1) is 9.88. The Kier molecular flexibility index (Phi) is 4.70. The van der Waals surface area contributed by atoms with Crippen LogP contribution in [0, 0.1) is 5.82 Å². The lowest BCUT2D eigenvalue weighted by molar-refractivity contribution is 0.0785. The van der Waals surface area contributed by atoms with Gasteiger partial charge in [0.1, 0.15) is 5.82 Å². The van der Waals surface area contributed by atoms with Gasteiger partial charge in [0.2, 0.25) is 0 Å². The number of rotatable bonds is 3. The third-order valence-corrected chi connectivity index (χ3v) is 3.74. The number of nitrogen functional groups attached to an aromatic ring is 1. The molecule has 0 saturated carbocycles. The van der Waals surface area contributed by atoms with Crippen LogP contribution in [0.15, 0.2) is 36.4 Å². The summed E-state index contributed by atoms with van der Waals surface area (Å²) in [5, 5.41) is 0.376. The van der Waals surface area contributed by atoms with Crippen molar-refractivity contribution in [1.82, 2.24) is 4.90 Å². The van der Waals surface area contributed by atoms with Crippen molar-refractivity contribution < 1.29 is 9.18 Å². The molecule has 6 heteroatoms. The van der Waals surface area contributed by atoms with Crippen LogP contribution in [0.4, 0.5) is 10.1 Å². The van der Waals surface area contributed by atoms with Gasteiger partial charge in [0.25, 0.3) is 5.91 Å². The zero-order valence-corrected chi connectivity index (χ0v) is 12.7. The fourth-order valence-electron chi connectivity index (χ4n) is 1.95. The van der Waals surface area contributed by atoms with E-state index in [0.29, 0.717) is 11.3 Å². The first kappa shape index (κ1) is 15.6. The third-order valence-electron chi connectivity index (χ3n) is 2.94.